The molecular weight excluding hydrogens is 436 g/mol. The molecule has 0 aliphatic heterocycles. The monoisotopic (exact) mass is 466 g/mol. The van der Waals surface area contributed by atoms with E-state index in [9.17, 15) is 13.2 Å². The average molecular weight is 467 g/mol. The molecule has 174 valence electrons. The fourth-order valence-electron chi connectivity index (χ4n) is 3.13. The van der Waals surface area contributed by atoms with Gasteiger partial charge in [-0.15, -0.1) is 0 Å². The van der Waals surface area contributed by atoms with Gasteiger partial charge in [-0.05, 0) is 66.4 Å². The van der Waals surface area contributed by atoms with Crippen LogP contribution in [0.1, 0.15) is 36.2 Å². The number of carbonyl (C=O) groups excluding carboxylic acids is 1. The molecule has 1 amide bonds. The van der Waals surface area contributed by atoms with Crippen molar-refractivity contribution in [3.05, 3.63) is 90.0 Å². The first-order chi connectivity index (χ1) is 15.8. The van der Waals surface area contributed by atoms with Crippen molar-refractivity contribution in [1.29, 1.82) is 0 Å². The van der Waals surface area contributed by atoms with Crippen LogP contribution < -0.4 is 10.1 Å². The Morgan fingerprint density at radius 2 is 1.58 bits per heavy atom. The molecule has 1 N–H and O–H groups in total. The van der Waals surface area contributed by atoms with Gasteiger partial charge in [0.15, 0.2) is 0 Å². The van der Waals surface area contributed by atoms with E-state index in [1.54, 1.807) is 43.4 Å². The van der Waals surface area contributed by atoms with E-state index in [1.807, 2.05) is 30.3 Å². The van der Waals surface area contributed by atoms with Crippen LogP contribution in [0.2, 0.25) is 0 Å². The second kappa shape index (κ2) is 11.1. The topological polar surface area (TPSA) is 75.7 Å². The molecule has 0 saturated heterocycles. The maximum Gasteiger partial charge on any atom is 0.255 e. The van der Waals surface area contributed by atoms with Crippen LogP contribution in [0.5, 0.6) is 5.75 Å². The normalized spacial score (nSPS) is 11.5. The maximum atomic E-state index is 12.9. The standard InChI is InChI=1S/C26H30N2O4S/c1-20(2)17-18-32-24-13-9-22(10-14-24)26(29)27-23-11-15-25(16-12-23)33(30,31)28(3)19-21-7-5-4-6-8-21/h4-16,20H,17-19H2,1-3H3,(H,27,29). The number of nitrogens with one attached hydrogen (secondary N) is 1. The average Bonchev–Trinajstić information content (AvgIpc) is 2.80. The zero-order valence-corrected chi connectivity index (χ0v) is 20.0. The van der Waals surface area contributed by atoms with Gasteiger partial charge in [0, 0.05) is 24.8 Å². The molecule has 0 heterocycles. The highest BCUT2D eigenvalue weighted by molar-refractivity contribution is 7.89. The van der Waals surface area contributed by atoms with E-state index >= 15 is 0 Å². The predicted molar refractivity (Wildman–Crippen MR) is 131 cm³/mol. The SMILES string of the molecule is CC(C)CCOc1ccc(C(=O)Nc2ccc(S(=O)(=O)N(C)Cc3ccccc3)cc2)cc1. The first kappa shape index (κ1) is 24.5. The molecule has 0 aliphatic rings. The van der Waals surface area contributed by atoms with Crippen molar-refractivity contribution in [2.45, 2.75) is 31.7 Å². The molecule has 0 radical (unpaired) electrons. The minimum absolute atomic E-state index is 0.168. The van der Waals surface area contributed by atoms with Crippen LogP contribution in [0.3, 0.4) is 0 Å². The lowest BCUT2D eigenvalue weighted by Gasteiger charge is -2.17. The Balaban J connectivity index is 1.60. The molecule has 0 saturated carbocycles. The third kappa shape index (κ3) is 6.91. The summed E-state index contributed by atoms with van der Waals surface area (Å²) in [6.07, 6.45) is 0.968. The van der Waals surface area contributed by atoms with E-state index in [1.165, 1.54) is 16.4 Å². The highest BCUT2D eigenvalue weighted by Gasteiger charge is 2.21. The highest BCUT2D eigenvalue weighted by atomic mass is 32.2. The summed E-state index contributed by atoms with van der Waals surface area (Å²) in [5.41, 5.74) is 1.91. The molecule has 0 spiro atoms. The van der Waals surface area contributed by atoms with Gasteiger partial charge in [0.2, 0.25) is 10.0 Å². The van der Waals surface area contributed by atoms with Gasteiger partial charge >= 0.3 is 0 Å². The fraction of sp³-hybridized carbons (Fsp3) is 0.269. The van der Waals surface area contributed by atoms with Crippen molar-refractivity contribution in [2.75, 3.05) is 19.0 Å². The summed E-state index contributed by atoms with van der Waals surface area (Å²) in [4.78, 5) is 12.7. The van der Waals surface area contributed by atoms with E-state index in [2.05, 4.69) is 19.2 Å². The predicted octanol–water partition coefficient (Wildman–Crippen LogP) is 5.18. The van der Waals surface area contributed by atoms with Crippen molar-refractivity contribution in [3.8, 4) is 5.75 Å². The number of sulfonamides is 1. The van der Waals surface area contributed by atoms with Gasteiger partial charge in [-0.3, -0.25) is 4.79 Å². The first-order valence-corrected chi connectivity index (χ1v) is 12.3. The molecule has 33 heavy (non-hydrogen) atoms. The lowest BCUT2D eigenvalue weighted by Crippen LogP contribution is -2.26. The smallest absolute Gasteiger partial charge is 0.255 e. The number of anilines is 1. The van der Waals surface area contributed by atoms with Gasteiger partial charge in [0.05, 0.1) is 11.5 Å². The number of hydrogen-bond donors (Lipinski definition) is 1. The number of hydrogen-bond acceptors (Lipinski definition) is 4. The maximum absolute atomic E-state index is 12.9. The van der Waals surface area contributed by atoms with Crippen LogP contribution in [-0.4, -0.2) is 32.3 Å². The Kier molecular flexibility index (Phi) is 8.25. The lowest BCUT2D eigenvalue weighted by atomic mass is 10.1. The van der Waals surface area contributed by atoms with Crippen LogP contribution >= 0.6 is 0 Å². The van der Waals surface area contributed by atoms with Crippen molar-refractivity contribution in [3.63, 3.8) is 0 Å². The summed E-state index contributed by atoms with van der Waals surface area (Å²) in [5, 5.41) is 2.80. The van der Waals surface area contributed by atoms with Gasteiger partial charge in [-0.1, -0.05) is 44.2 Å². The van der Waals surface area contributed by atoms with Gasteiger partial charge in [-0.2, -0.15) is 4.31 Å². The van der Waals surface area contributed by atoms with E-state index in [4.69, 9.17) is 4.74 Å². The van der Waals surface area contributed by atoms with Crippen molar-refractivity contribution >= 4 is 21.6 Å². The number of benzene rings is 3. The Labute approximate surface area is 196 Å². The van der Waals surface area contributed by atoms with Crippen LogP contribution in [0.4, 0.5) is 5.69 Å². The molecule has 0 aromatic heterocycles. The number of ether oxygens (including phenoxy) is 1. The second-order valence-electron chi connectivity index (χ2n) is 8.28. The molecule has 3 aromatic rings. The Hall–Kier alpha value is -3.16. The van der Waals surface area contributed by atoms with Crippen LogP contribution in [0.25, 0.3) is 0 Å². The zero-order valence-electron chi connectivity index (χ0n) is 19.2. The summed E-state index contributed by atoms with van der Waals surface area (Å²) in [6, 6.07) is 22.5. The van der Waals surface area contributed by atoms with Crippen molar-refractivity contribution in [1.82, 2.24) is 4.31 Å². The van der Waals surface area contributed by atoms with Crippen molar-refractivity contribution < 1.29 is 17.9 Å². The van der Waals surface area contributed by atoms with E-state index in [0.29, 0.717) is 23.8 Å². The molecule has 0 atom stereocenters. The molecule has 3 aromatic carbocycles. The Morgan fingerprint density at radius 3 is 2.18 bits per heavy atom. The van der Waals surface area contributed by atoms with Gasteiger partial charge < -0.3 is 10.1 Å². The quantitative estimate of drug-likeness (QED) is 0.446. The molecule has 3 rings (SSSR count). The number of carbonyl (C=O) groups is 1. The molecule has 0 unspecified atom stereocenters. The molecule has 7 heteroatoms. The fourth-order valence-corrected chi connectivity index (χ4v) is 4.29. The minimum atomic E-state index is -3.65. The third-order valence-corrected chi connectivity index (χ3v) is 6.97. The molecular formula is C26H30N2O4S. The van der Waals surface area contributed by atoms with Crippen molar-refractivity contribution in [2.24, 2.45) is 5.92 Å². The molecule has 6 nitrogen and oxygen atoms in total. The Morgan fingerprint density at radius 1 is 0.939 bits per heavy atom. The molecule has 0 aliphatic carbocycles. The van der Waals surface area contributed by atoms with Crippen LogP contribution in [0, 0.1) is 5.92 Å². The van der Waals surface area contributed by atoms with E-state index in [-0.39, 0.29) is 17.3 Å². The number of nitrogens with zero attached hydrogens (tertiary/aromatic N) is 1. The third-order valence-electron chi connectivity index (χ3n) is 5.15. The Bertz CT molecular complexity index is 1140. The van der Waals surface area contributed by atoms with Gasteiger partial charge in [0.25, 0.3) is 5.91 Å². The van der Waals surface area contributed by atoms with Gasteiger partial charge in [-0.25, -0.2) is 8.42 Å². The van der Waals surface area contributed by atoms with E-state index in [0.717, 1.165) is 17.7 Å². The summed E-state index contributed by atoms with van der Waals surface area (Å²) in [6.45, 7) is 5.20. The van der Waals surface area contributed by atoms with Gasteiger partial charge in [0.1, 0.15) is 5.75 Å². The molecule has 0 bridgehead atoms. The van der Waals surface area contributed by atoms with E-state index < -0.39 is 10.0 Å². The number of amides is 1. The summed E-state index contributed by atoms with van der Waals surface area (Å²) < 4.78 is 32.7. The lowest BCUT2D eigenvalue weighted by molar-refractivity contribution is 0.102. The second-order valence-corrected chi connectivity index (χ2v) is 10.3. The highest BCUT2D eigenvalue weighted by Crippen LogP contribution is 2.20. The minimum Gasteiger partial charge on any atom is -0.494 e. The van der Waals surface area contributed by atoms with Crippen LogP contribution in [-0.2, 0) is 16.6 Å². The first-order valence-electron chi connectivity index (χ1n) is 10.9. The largest absolute Gasteiger partial charge is 0.494 e. The summed E-state index contributed by atoms with van der Waals surface area (Å²) >= 11 is 0. The molecule has 0 fully saturated rings. The number of rotatable bonds is 10. The summed E-state index contributed by atoms with van der Waals surface area (Å²) in [7, 11) is -2.10. The van der Waals surface area contributed by atoms with Crippen LogP contribution in [0.15, 0.2) is 83.8 Å². The zero-order chi connectivity index (χ0) is 23.8. The summed E-state index contributed by atoms with van der Waals surface area (Å²) in [5.74, 6) is 1.02.